The molecule has 0 radical (unpaired) electrons. The van der Waals surface area contributed by atoms with Crippen LogP contribution in [0.25, 0.3) is 0 Å². The van der Waals surface area contributed by atoms with E-state index in [9.17, 15) is 0 Å². The van der Waals surface area contributed by atoms with E-state index in [2.05, 4.69) is 54.7 Å². The minimum atomic E-state index is 0.104. The van der Waals surface area contributed by atoms with Crippen molar-refractivity contribution in [2.75, 3.05) is 23.7 Å². The maximum atomic E-state index is 4.76. The molecule has 0 spiro atoms. The van der Waals surface area contributed by atoms with E-state index < -0.39 is 0 Å². The number of nitrogens with one attached hydrogen (secondary N) is 1. The van der Waals surface area contributed by atoms with Crippen LogP contribution in [0.15, 0.2) is 12.4 Å². The Kier molecular flexibility index (Phi) is 5.27. The molecule has 0 bridgehead atoms. The van der Waals surface area contributed by atoms with Crippen molar-refractivity contribution in [3.05, 3.63) is 18.1 Å². The summed E-state index contributed by atoms with van der Waals surface area (Å²) in [6.45, 7) is 11.7. The van der Waals surface area contributed by atoms with E-state index >= 15 is 0 Å². The summed E-state index contributed by atoms with van der Waals surface area (Å²) >= 11 is 2.08. The Balaban J connectivity index is 2.01. The van der Waals surface area contributed by atoms with Crippen LogP contribution in [0.2, 0.25) is 0 Å². The van der Waals surface area contributed by atoms with Crippen LogP contribution in [0, 0.1) is 0 Å². The monoisotopic (exact) mass is 294 g/mol. The summed E-state index contributed by atoms with van der Waals surface area (Å²) in [6, 6.07) is 0. The van der Waals surface area contributed by atoms with E-state index in [1.165, 1.54) is 12.2 Å². The number of anilines is 1. The largest absolute Gasteiger partial charge is 0.353 e. The van der Waals surface area contributed by atoms with Crippen molar-refractivity contribution < 1.29 is 0 Å². The number of nitrogens with zero attached hydrogens (tertiary/aromatic N) is 3. The molecular formula is C15H26N4S. The molecule has 1 atom stereocenters. The van der Waals surface area contributed by atoms with E-state index in [4.69, 9.17) is 4.98 Å². The fourth-order valence-electron chi connectivity index (χ4n) is 2.16. The minimum absolute atomic E-state index is 0.104. The summed E-state index contributed by atoms with van der Waals surface area (Å²) in [5.74, 6) is 2.21. The molecule has 2 heterocycles. The van der Waals surface area contributed by atoms with Crippen molar-refractivity contribution in [3.63, 3.8) is 0 Å². The van der Waals surface area contributed by atoms with Gasteiger partial charge >= 0.3 is 0 Å². The van der Waals surface area contributed by atoms with Gasteiger partial charge in [-0.3, -0.25) is 4.98 Å². The highest BCUT2D eigenvalue weighted by atomic mass is 32.2. The Morgan fingerprint density at radius 3 is 2.90 bits per heavy atom. The summed E-state index contributed by atoms with van der Waals surface area (Å²) in [6.07, 6.45) is 4.97. The lowest BCUT2D eigenvalue weighted by atomic mass is 10.1. The molecule has 1 aromatic heterocycles. The molecule has 0 aliphatic carbocycles. The molecule has 112 valence electrons. The molecule has 1 aliphatic rings. The molecule has 2 rings (SSSR count). The number of hydrogen-bond donors (Lipinski definition) is 1. The molecule has 0 aromatic carbocycles. The summed E-state index contributed by atoms with van der Waals surface area (Å²) in [7, 11) is 0. The molecule has 1 unspecified atom stereocenters. The zero-order valence-electron chi connectivity index (χ0n) is 13.0. The topological polar surface area (TPSA) is 41.1 Å². The van der Waals surface area contributed by atoms with E-state index in [1.54, 1.807) is 0 Å². The molecule has 0 saturated carbocycles. The fourth-order valence-corrected chi connectivity index (χ4v) is 3.34. The number of hydrogen-bond acceptors (Lipinski definition) is 5. The van der Waals surface area contributed by atoms with Gasteiger partial charge in [-0.2, -0.15) is 11.8 Å². The van der Waals surface area contributed by atoms with Crippen LogP contribution in [0.1, 0.15) is 39.8 Å². The quantitative estimate of drug-likeness (QED) is 0.924. The third-order valence-electron chi connectivity index (χ3n) is 3.39. The lowest BCUT2D eigenvalue weighted by Gasteiger charge is -2.32. The first-order chi connectivity index (χ1) is 9.48. The van der Waals surface area contributed by atoms with Gasteiger partial charge in [0.2, 0.25) is 0 Å². The average molecular weight is 294 g/mol. The highest BCUT2D eigenvalue weighted by Crippen LogP contribution is 2.24. The van der Waals surface area contributed by atoms with Crippen LogP contribution in [0.3, 0.4) is 0 Å². The number of aromatic nitrogens is 2. The first kappa shape index (κ1) is 15.6. The second kappa shape index (κ2) is 6.76. The van der Waals surface area contributed by atoms with Crippen molar-refractivity contribution in [1.29, 1.82) is 0 Å². The van der Waals surface area contributed by atoms with E-state index in [0.717, 1.165) is 36.4 Å². The van der Waals surface area contributed by atoms with Crippen LogP contribution < -0.4 is 10.2 Å². The molecule has 1 N–H and O–H groups in total. The zero-order chi connectivity index (χ0) is 14.6. The van der Waals surface area contributed by atoms with Gasteiger partial charge in [0.1, 0.15) is 5.82 Å². The number of rotatable bonds is 4. The molecule has 4 nitrogen and oxygen atoms in total. The first-order valence-corrected chi connectivity index (χ1v) is 8.45. The highest BCUT2D eigenvalue weighted by molar-refractivity contribution is 8.00. The molecular weight excluding hydrogens is 268 g/mol. The van der Waals surface area contributed by atoms with Gasteiger partial charge in [-0.05, 0) is 27.2 Å². The van der Waals surface area contributed by atoms with Gasteiger partial charge in [-0.1, -0.05) is 6.92 Å². The van der Waals surface area contributed by atoms with E-state index in [-0.39, 0.29) is 5.54 Å². The van der Waals surface area contributed by atoms with Gasteiger partial charge in [0.05, 0.1) is 11.9 Å². The van der Waals surface area contributed by atoms with Crippen molar-refractivity contribution in [2.24, 2.45) is 0 Å². The SMILES string of the molecule is CCC1CN(c2cncc(CNC(C)(C)C)n2)CCS1. The third-order valence-corrected chi connectivity index (χ3v) is 4.76. The van der Waals surface area contributed by atoms with Gasteiger partial charge in [-0.15, -0.1) is 0 Å². The highest BCUT2D eigenvalue weighted by Gasteiger charge is 2.20. The van der Waals surface area contributed by atoms with E-state index in [0.29, 0.717) is 0 Å². The third kappa shape index (κ3) is 4.63. The van der Waals surface area contributed by atoms with Crippen molar-refractivity contribution >= 4 is 17.6 Å². The normalized spacial score (nSPS) is 20.2. The minimum Gasteiger partial charge on any atom is -0.353 e. The molecule has 5 heteroatoms. The lowest BCUT2D eigenvalue weighted by molar-refractivity contribution is 0.421. The Labute approximate surface area is 126 Å². The van der Waals surface area contributed by atoms with Gasteiger partial charge < -0.3 is 10.2 Å². The van der Waals surface area contributed by atoms with Crippen molar-refractivity contribution in [3.8, 4) is 0 Å². The first-order valence-electron chi connectivity index (χ1n) is 7.40. The standard InChI is InChI=1S/C15H26N4S/c1-5-13-11-19(6-7-20-13)14-10-16-8-12(18-14)9-17-15(2,3)4/h8,10,13,17H,5-7,9,11H2,1-4H3. The van der Waals surface area contributed by atoms with Gasteiger partial charge in [-0.25, -0.2) is 4.98 Å². The maximum Gasteiger partial charge on any atom is 0.147 e. The molecule has 20 heavy (non-hydrogen) atoms. The molecule has 1 aliphatic heterocycles. The fraction of sp³-hybridized carbons (Fsp3) is 0.733. The molecule has 1 saturated heterocycles. The Hall–Kier alpha value is -0.810. The lowest BCUT2D eigenvalue weighted by Crippen LogP contribution is -2.38. The van der Waals surface area contributed by atoms with Gasteiger partial charge in [0.25, 0.3) is 0 Å². The van der Waals surface area contributed by atoms with Crippen LogP contribution >= 0.6 is 11.8 Å². The zero-order valence-corrected chi connectivity index (χ0v) is 13.8. The van der Waals surface area contributed by atoms with Gasteiger partial charge in [0.15, 0.2) is 0 Å². The van der Waals surface area contributed by atoms with Crippen LogP contribution in [0.4, 0.5) is 5.82 Å². The van der Waals surface area contributed by atoms with Crippen LogP contribution in [0.5, 0.6) is 0 Å². The maximum absolute atomic E-state index is 4.76. The smallest absolute Gasteiger partial charge is 0.147 e. The van der Waals surface area contributed by atoms with Crippen molar-refractivity contribution in [2.45, 2.75) is 51.4 Å². The summed E-state index contributed by atoms with van der Waals surface area (Å²) < 4.78 is 0. The summed E-state index contributed by atoms with van der Waals surface area (Å²) in [5, 5.41) is 4.19. The Morgan fingerprint density at radius 1 is 1.40 bits per heavy atom. The predicted octanol–water partition coefficient (Wildman–Crippen LogP) is 2.70. The summed E-state index contributed by atoms with van der Waals surface area (Å²) in [5.41, 5.74) is 1.12. The van der Waals surface area contributed by atoms with Crippen LogP contribution in [-0.4, -0.2) is 39.6 Å². The molecule has 0 amide bonds. The van der Waals surface area contributed by atoms with Crippen molar-refractivity contribution in [1.82, 2.24) is 15.3 Å². The Morgan fingerprint density at radius 2 is 2.20 bits per heavy atom. The predicted molar refractivity (Wildman–Crippen MR) is 87.4 cm³/mol. The van der Waals surface area contributed by atoms with Crippen LogP contribution in [-0.2, 0) is 6.54 Å². The second-order valence-electron chi connectivity index (χ2n) is 6.32. The molecule has 1 fully saturated rings. The summed E-state index contributed by atoms with van der Waals surface area (Å²) in [4.78, 5) is 11.5. The van der Waals surface area contributed by atoms with E-state index in [1.807, 2.05) is 12.4 Å². The average Bonchev–Trinajstić information content (AvgIpc) is 2.45. The van der Waals surface area contributed by atoms with Gasteiger partial charge in [0, 0.05) is 42.4 Å². The molecule has 1 aromatic rings. The second-order valence-corrected chi connectivity index (χ2v) is 7.73. The number of thioether (sulfide) groups is 1. The Bertz CT molecular complexity index is 430.